The Morgan fingerprint density at radius 2 is 2.10 bits per heavy atom. The number of amides is 1. The van der Waals surface area contributed by atoms with Crippen molar-refractivity contribution in [3.63, 3.8) is 0 Å². The van der Waals surface area contributed by atoms with E-state index in [2.05, 4.69) is 30.8 Å². The van der Waals surface area contributed by atoms with E-state index >= 15 is 0 Å². The molecular formula is C20H16ClN7O2. The Balaban J connectivity index is 1.29. The molecular weight excluding hydrogens is 406 g/mol. The van der Waals surface area contributed by atoms with Crippen molar-refractivity contribution in [1.82, 2.24) is 35.4 Å². The molecule has 0 fully saturated rings. The van der Waals surface area contributed by atoms with Crippen LogP contribution in [0.25, 0.3) is 29.0 Å². The molecule has 3 aromatic heterocycles. The number of hydrogen-bond donors (Lipinski definition) is 1. The van der Waals surface area contributed by atoms with Crippen molar-refractivity contribution < 1.29 is 9.32 Å². The average molecular weight is 422 g/mol. The number of carbonyl (C=O) groups is 1. The van der Waals surface area contributed by atoms with E-state index < -0.39 is 0 Å². The molecule has 0 saturated heterocycles. The summed E-state index contributed by atoms with van der Waals surface area (Å²) < 4.78 is 6.84. The van der Waals surface area contributed by atoms with Crippen molar-refractivity contribution in [2.45, 2.75) is 6.54 Å². The van der Waals surface area contributed by atoms with Gasteiger partial charge in [0.2, 0.25) is 11.7 Å². The van der Waals surface area contributed by atoms with Gasteiger partial charge in [0.05, 0.1) is 12.7 Å². The lowest BCUT2D eigenvalue weighted by Gasteiger charge is -2.01. The van der Waals surface area contributed by atoms with Gasteiger partial charge >= 0.3 is 0 Å². The molecule has 0 bridgehead atoms. The van der Waals surface area contributed by atoms with Crippen molar-refractivity contribution >= 4 is 23.6 Å². The van der Waals surface area contributed by atoms with Gasteiger partial charge in [0.25, 0.3) is 5.89 Å². The number of halogens is 1. The maximum absolute atomic E-state index is 11.9. The Morgan fingerprint density at radius 1 is 1.23 bits per heavy atom. The van der Waals surface area contributed by atoms with Crippen molar-refractivity contribution in [3.8, 4) is 23.0 Å². The van der Waals surface area contributed by atoms with Crippen LogP contribution in [0.15, 0.2) is 65.6 Å². The second-order valence-electron chi connectivity index (χ2n) is 6.21. The largest absolute Gasteiger partial charge is 0.351 e. The summed E-state index contributed by atoms with van der Waals surface area (Å²) >= 11 is 5.84. The fourth-order valence-corrected chi connectivity index (χ4v) is 2.67. The third-order valence-corrected chi connectivity index (χ3v) is 4.29. The lowest BCUT2D eigenvalue weighted by molar-refractivity contribution is -0.116. The van der Waals surface area contributed by atoms with Crippen LogP contribution in [0.3, 0.4) is 0 Å². The third kappa shape index (κ3) is 4.95. The summed E-state index contributed by atoms with van der Waals surface area (Å²) in [5.74, 6) is 0.478. The minimum atomic E-state index is -0.205. The topological polar surface area (TPSA) is 112 Å². The van der Waals surface area contributed by atoms with Crippen molar-refractivity contribution in [3.05, 3.63) is 71.7 Å². The molecule has 0 radical (unpaired) electrons. The van der Waals surface area contributed by atoms with Gasteiger partial charge in [0, 0.05) is 35.6 Å². The summed E-state index contributed by atoms with van der Waals surface area (Å²) in [5.41, 5.74) is 2.08. The maximum atomic E-state index is 11.9. The minimum absolute atomic E-state index is 0.205. The summed E-state index contributed by atoms with van der Waals surface area (Å²) in [5, 5.41) is 15.4. The average Bonchev–Trinajstić information content (AvgIpc) is 3.44. The van der Waals surface area contributed by atoms with E-state index in [1.54, 1.807) is 47.5 Å². The van der Waals surface area contributed by atoms with E-state index in [4.69, 9.17) is 16.1 Å². The highest BCUT2D eigenvalue weighted by Crippen LogP contribution is 2.19. The van der Waals surface area contributed by atoms with Gasteiger partial charge in [0.15, 0.2) is 5.69 Å². The van der Waals surface area contributed by atoms with Gasteiger partial charge in [-0.25, -0.2) is 4.68 Å². The quantitative estimate of drug-likeness (QED) is 0.456. The van der Waals surface area contributed by atoms with Crippen LogP contribution in [0, 0.1) is 0 Å². The molecule has 30 heavy (non-hydrogen) atoms. The van der Waals surface area contributed by atoms with Crippen LogP contribution >= 0.6 is 11.6 Å². The number of nitrogens with one attached hydrogen (secondary N) is 1. The predicted molar refractivity (Wildman–Crippen MR) is 110 cm³/mol. The number of rotatable bonds is 7. The Kier molecular flexibility index (Phi) is 5.90. The van der Waals surface area contributed by atoms with Gasteiger partial charge in [-0.1, -0.05) is 34.1 Å². The van der Waals surface area contributed by atoms with Gasteiger partial charge in [-0.05, 0) is 35.9 Å². The maximum Gasteiger partial charge on any atom is 0.280 e. The molecule has 0 saturated carbocycles. The van der Waals surface area contributed by atoms with E-state index in [0.29, 0.717) is 29.6 Å². The fourth-order valence-electron chi connectivity index (χ4n) is 2.54. The molecule has 9 nitrogen and oxygen atoms in total. The number of pyridine rings is 1. The Hall–Kier alpha value is -3.85. The van der Waals surface area contributed by atoms with Crippen LogP contribution in [0.1, 0.15) is 5.56 Å². The second-order valence-corrected chi connectivity index (χ2v) is 6.64. The van der Waals surface area contributed by atoms with Crippen LogP contribution in [-0.2, 0) is 11.3 Å². The van der Waals surface area contributed by atoms with Gasteiger partial charge in [-0.2, -0.15) is 4.98 Å². The van der Waals surface area contributed by atoms with Crippen LogP contribution in [-0.4, -0.2) is 42.6 Å². The first-order valence-electron chi connectivity index (χ1n) is 9.03. The molecule has 1 N–H and O–H groups in total. The zero-order valence-corrected chi connectivity index (χ0v) is 16.4. The van der Waals surface area contributed by atoms with E-state index in [1.807, 2.05) is 18.2 Å². The van der Waals surface area contributed by atoms with E-state index in [9.17, 15) is 4.79 Å². The summed E-state index contributed by atoms with van der Waals surface area (Å²) in [6.45, 7) is 0.828. The van der Waals surface area contributed by atoms with Crippen LogP contribution < -0.4 is 5.32 Å². The Bertz CT molecular complexity index is 1150. The standard InChI is InChI=1S/C20H16ClN7O2/c21-16-6-3-14(4-7-16)5-8-18(29)23-10-11-28-13-17(25-27-28)20-24-19(26-30-20)15-2-1-9-22-12-15/h1-9,12-13H,10-11H2,(H,23,29). The molecule has 0 unspecified atom stereocenters. The van der Waals surface area contributed by atoms with Crippen LogP contribution in [0.4, 0.5) is 0 Å². The normalized spacial score (nSPS) is 11.1. The SMILES string of the molecule is O=C(C=Cc1ccc(Cl)cc1)NCCn1cc(-c2nc(-c3cccnc3)no2)nn1. The van der Waals surface area contributed by atoms with Gasteiger partial charge in [-0.3, -0.25) is 9.78 Å². The molecule has 3 heterocycles. The number of aromatic nitrogens is 6. The molecule has 0 aliphatic rings. The minimum Gasteiger partial charge on any atom is -0.351 e. The number of hydrogen-bond acceptors (Lipinski definition) is 7. The van der Waals surface area contributed by atoms with Gasteiger partial charge in [-0.15, -0.1) is 5.10 Å². The molecule has 1 amide bonds. The molecule has 0 atom stereocenters. The van der Waals surface area contributed by atoms with E-state index in [-0.39, 0.29) is 11.8 Å². The second kappa shape index (κ2) is 9.10. The molecule has 0 aliphatic heterocycles. The molecule has 4 rings (SSSR count). The van der Waals surface area contributed by atoms with Crippen molar-refractivity contribution in [2.24, 2.45) is 0 Å². The number of carbonyl (C=O) groups excluding carboxylic acids is 1. The molecule has 0 spiro atoms. The number of nitrogens with zero attached hydrogens (tertiary/aromatic N) is 6. The highest BCUT2D eigenvalue weighted by Gasteiger charge is 2.14. The zero-order chi connectivity index (χ0) is 20.8. The molecule has 0 aliphatic carbocycles. The predicted octanol–water partition coefficient (Wildman–Crippen LogP) is 2.87. The lowest BCUT2D eigenvalue weighted by atomic mass is 10.2. The van der Waals surface area contributed by atoms with Crippen molar-refractivity contribution in [2.75, 3.05) is 6.54 Å². The summed E-state index contributed by atoms with van der Waals surface area (Å²) in [6.07, 6.45) is 8.18. The smallest absolute Gasteiger partial charge is 0.280 e. The van der Waals surface area contributed by atoms with Gasteiger partial charge in [0.1, 0.15) is 0 Å². The Morgan fingerprint density at radius 3 is 2.90 bits per heavy atom. The van der Waals surface area contributed by atoms with Crippen LogP contribution in [0.2, 0.25) is 5.02 Å². The summed E-state index contributed by atoms with van der Waals surface area (Å²) in [4.78, 5) is 20.3. The summed E-state index contributed by atoms with van der Waals surface area (Å²) in [6, 6.07) is 10.8. The van der Waals surface area contributed by atoms with Gasteiger partial charge < -0.3 is 9.84 Å². The fraction of sp³-hybridized carbons (Fsp3) is 0.100. The number of benzene rings is 1. The molecule has 1 aromatic carbocycles. The van der Waals surface area contributed by atoms with Crippen molar-refractivity contribution in [1.29, 1.82) is 0 Å². The highest BCUT2D eigenvalue weighted by molar-refractivity contribution is 6.30. The van der Waals surface area contributed by atoms with E-state index in [1.165, 1.54) is 6.08 Å². The first-order valence-corrected chi connectivity index (χ1v) is 9.41. The summed E-state index contributed by atoms with van der Waals surface area (Å²) in [7, 11) is 0. The first-order chi connectivity index (χ1) is 14.7. The third-order valence-electron chi connectivity index (χ3n) is 4.04. The molecule has 150 valence electrons. The van der Waals surface area contributed by atoms with Crippen LogP contribution in [0.5, 0.6) is 0 Å². The zero-order valence-electron chi connectivity index (χ0n) is 15.6. The van der Waals surface area contributed by atoms with E-state index in [0.717, 1.165) is 11.1 Å². The molecule has 10 heteroatoms. The Labute approximate surface area is 176 Å². The lowest BCUT2D eigenvalue weighted by Crippen LogP contribution is -2.25. The first kappa shape index (κ1) is 19.5. The highest BCUT2D eigenvalue weighted by atomic mass is 35.5. The monoisotopic (exact) mass is 421 g/mol. The molecule has 4 aromatic rings.